The fourth-order valence-corrected chi connectivity index (χ4v) is 1.76. The Morgan fingerprint density at radius 1 is 1.06 bits per heavy atom. The molecule has 0 heterocycles. The van der Waals surface area contributed by atoms with Crippen LogP contribution in [0.2, 0.25) is 0 Å². The Labute approximate surface area is 96.0 Å². The predicted molar refractivity (Wildman–Crippen MR) is 68.8 cm³/mol. The lowest BCUT2D eigenvalue weighted by atomic mass is 10.1. The predicted octanol–water partition coefficient (Wildman–Crippen LogP) is 3.60. The molecule has 0 unspecified atom stereocenters. The van der Waals surface area contributed by atoms with Gasteiger partial charge in [0.25, 0.3) is 0 Å². The Bertz CT molecular complexity index is 479. The van der Waals surface area contributed by atoms with E-state index in [0.717, 1.165) is 41.7 Å². The summed E-state index contributed by atoms with van der Waals surface area (Å²) in [7, 11) is 0. The fourth-order valence-electron chi connectivity index (χ4n) is 1.76. The van der Waals surface area contributed by atoms with Gasteiger partial charge in [0.05, 0.1) is 6.61 Å². The van der Waals surface area contributed by atoms with Crippen molar-refractivity contribution < 1.29 is 4.74 Å². The van der Waals surface area contributed by atoms with E-state index in [2.05, 4.69) is 6.92 Å². The highest BCUT2D eigenvalue weighted by molar-refractivity contribution is 5.96. The third-order valence-corrected chi connectivity index (χ3v) is 2.67. The summed E-state index contributed by atoms with van der Waals surface area (Å²) in [6.45, 7) is 2.93. The monoisotopic (exact) mass is 215 g/mol. The minimum absolute atomic E-state index is 0.768. The Kier molecular flexibility index (Phi) is 3.30. The van der Waals surface area contributed by atoms with Crippen molar-refractivity contribution in [2.45, 2.75) is 19.8 Å². The van der Waals surface area contributed by atoms with Gasteiger partial charge in [-0.25, -0.2) is 0 Å². The molecular weight excluding hydrogens is 198 g/mol. The van der Waals surface area contributed by atoms with Gasteiger partial charge in [-0.15, -0.1) is 0 Å². The maximum absolute atomic E-state index is 5.92. The molecule has 0 saturated heterocycles. The number of benzene rings is 2. The first kappa shape index (κ1) is 10.8. The summed E-state index contributed by atoms with van der Waals surface area (Å²) < 4.78 is 5.76. The molecule has 0 atom stereocenters. The van der Waals surface area contributed by atoms with Gasteiger partial charge in [0.1, 0.15) is 5.75 Å². The van der Waals surface area contributed by atoms with E-state index < -0.39 is 0 Å². The van der Waals surface area contributed by atoms with Gasteiger partial charge in [0.2, 0.25) is 0 Å². The molecule has 2 aromatic rings. The third-order valence-electron chi connectivity index (χ3n) is 2.67. The van der Waals surface area contributed by atoms with Crippen LogP contribution in [-0.2, 0) is 0 Å². The quantitative estimate of drug-likeness (QED) is 0.624. The highest BCUT2D eigenvalue weighted by atomic mass is 16.5. The minimum atomic E-state index is 0.768. The van der Waals surface area contributed by atoms with Gasteiger partial charge in [-0.05, 0) is 18.6 Å². The Morgan fingerprint density at radius 3 is 2.62 bits per heavy atom. The molecule has 2 nitrogen and oxygen atoms in total. The molecule has 2 N–H and O–H groups in total. The molecule has 0 aliphatic carbocycles. The molecule has 0 aliphatic heterocycles. The summed E-state index contributed by atoms with van der Waals surface area (Å²) >= 11 is 0. The van der Waals surface area contributed by atoms with Crippen LogP contribution < -0.4 is 10.5 Å². The van der Waals surface area contributed by atoms with E-state index in [0.29, 0.717) is 0 Å². The lowest BCUT2D eigenvalue weighted by Gasteiger charge is -2.09. The normalized spacial score (nSPS) is 10.6. The molecule has 2 rings (SSSR count). The topological polar surface area (TPSA) is 35.2 Å². The van der Waals surface area contributed by atoms with Gasteiger partial charge in [0, 0.05) is 16.5 Å². The molecule has 0 spiro atoms. The molecule has 0 saturated carbocycles. The van der Waals surface area contributed by atoms with Crippen molar-refractivity contribution in [2.75, 3.05) is 12.3 Å². The highest BCUT2D eigenvalue weighted by Gasteiger charge is 2.03. The van der Waals surface area contributed by atoms with E-state index >= 15 is 0 Å². The lowest BCUT2D eigenvalue weighted by Crippen LogP contribution is -1.97. The maximum Gasteiger partial charge on any atom is 0.127 e. The smallest absolute Gasteiger partial charge is 0.127 e. The van der Waals surface area contributed by atoms with Crippen LogP contribution in [0.5, 0.6) is 5.75 Å². The van der Waals surface area contributed by atoms with Crippen molar-refractivity contribution in [3.05, 3.63) is 36.4 Å². The van der Waals surface area contributed by atoms with Crippen molar-refractivity contribution in [3.63, 3.8) is 0 Å². The first-order chi connectivity index (χ1) is 7.83. The summed E-state index contributed by atoms with van der Waals surface area (Å²) in [5.74, 6) is 0.929. The van der Waals surface area contributed by atoms with Crippen molar-refractivity contribution in [1.29, 1.82) is 0 Å². The van der Waals surface area contributed by atoms with Gasteiger partial charge in [-0.2, -0.15) is 0 Å². The summed E-state index contributed by atoms with van der Waals surface area (Å²) in [5, 5.41) is 2.16. The van der Waals surface area contributed by atoms with Crippen LogP contribution in [0.15, 0.2) is 36.4 Å². The van der Waals surface area contributed by atoms with Crippen LogP contribution in [0.1, 0.15) is 19.8 Å². The van der Waals surface area contributed by atoms with Crippen molar-refractivity contribution in [3.8, 4) is 5.75 Å². The van der Waals surface area contributed by atoms with E-state index in [1.807, 2.05) is 36.4 Å². The summed E-state index contributed by atoms with van der Waals surface area (Å²) in [4.78, 5) is 0. The summed E-state index contributed by atoms with van der Waals surface area (Å²) in [6, 6.07) is 11.9. The average Bonchev–Trinajstić information content (AvgIpc) is 2.31. The number of unbranched alkanes of at least 4 members (excludes halogenated alkanes) is 1. The molecule has 0 aromatic heterocycles. The van der Waals surface area contributed by atoms with E-state index in [9.17, 15) is 0 Å². The second-order valence-corrected chi connectivity index (χ2v) is 3.90. The van der Waals surface area contributed by atoms with Crippen molar-refractivity contribution in [1.82, 2.24) is 0 Å². The number of hydrogen-bond acceptors (Lipinski definition) is 2. The molecule has 2 heteroatoms. The second kappa shape index (κ2) is 4.88. The molecule has 0 aliphatic rings. The van der Waals surface area contributed by atoms with Gasteiger partial charge in [-0.3, -0.25) is 0 Å². The molecule has 0 amide bonds. The van der Waals surface area contributed by atoms with Gasteiger partial charge < -0.3 is 10.5 Å². The van der Waals surface area contributed by atoms with E-state index in [-0.39, 0.29) is 0 Å². The Balaban J connectivity index is 2.34. The summed E-state index contributed by atoms with van der Waals surface area (Å²) in [6.07, 6.45) is 2.23. The van der Waals surface area contributed by atoms with Crippen LogP contribution in [0, 0.1) is 0 Å². The van der Waals surface area contributed by atoms with E-state index in [1.54, 1.807) is 0 Å². The zero-order valence-electron chi connectivity index (χ0n) is 9.57. The summed E-state index contributed by atoms with van der Waals surface area (Å²) in [5.41, 5.74) is 6.73. The third kappa shape index (κ3) is 2.11. The van der Waals surface area contributed by atoms with Crippen molar-refractivity contribution >= 4 is 16.5 Å². The number of ether oxygens (including phenoxy) is 1. The van der Waals surface area contributed by atoms with Crippen LogP contribution in [0.4, 0.5) is 5.69 Å². The zero-order chi connectivity index (χ0) is 11.4. The van der Waals surface area contributed by atoms with Crippen LogP contribution in [0.3, 0.4) is 0 Å². The van der Waals surface area contributed by atoms with Gasteiger partial charge in [-0.1, -0.05) is 37.6 Å². The SMILES string of the molecule is CCCCOc1cccc2c(N)cccc12. The minimum Gasteiger partial charge on any atom is -0.493 e. The number of nitrogen functional groups attached to an aromatic ring is 1. The van der Waals surface area contributed by atoms with Gasteiger partial charge in [0.15, 0.2) is 0 Å². The number of fused-ring (bicyclic) bond motifs is 1. The number of anilines is 1. The van der Waals surface area contributed by atoms with Crippen LogP contribution in [-0.4, -0.2) is 6.61 Å². The fraction of sp³-hybridized carbons (Fsp3) is 0.286. The molecule has 84 valence electrons. The first-order valence-corrected chi connectivity index (χ1v) is 5.73. The molecule has 0 fully saturated rings. The van der Waals surface area contributed by atoms with Crippen molar-refractivity contribution in [2.24, 2.45) is 0 Å². The Morgan fingerprint density at radius 2 is 1.81 bits per heavy atom. The largest absolute Gasteiger partial charge is 0.493 e. The Hall–Kier alpha value is -1.70. The molecule has 16 heavy (non-hydrogen) atoms. The van der Waals surface area contributed by atoms with Crippen LogP contribution in [0.25, 0.3) is 10.8 Å². The van der Waals surface area contributed by atoms with Gasteiger partial charge >= 0.3 is 0 Å². The molecular formula is C14H17NO. The van der Waals surface area contributed by atoms with E-state index in [1.165, 1.54) is 0 Å². The number of hydrogen-bond donors (Lipinski definition) is 1. The first-order valence-electron chi connectivity index (χ1n) is 5.73. The molecule has 0 bridgehead atoms. The highest BCUT2D eigenvalue weighted by Crippen LogP contribution is 2.29. The molecule has 2 aromatic carbocycles. The van der Waals surface area contributed by atoms with Crippen LogP contribution >= 0.6 is 0 Å². The maximum atomic E-state index is 5.92. The number of rotatable bonds is 4. The molecule has 0 radical (unpaired) electrons. The standard InChI is InChI=1S/C14H17NO/c1-2-3-10-16-14-9-5-6-11-12(14)7-4-8-13(11)15/h4-9H,2-3,10,15H2,1H3. The van der Waals surface area contributed by atoms with E-state index in [4.69, 9.17) is 10.5 Å². The average molecular weight is 215 g/mol. The second-order valence-electron chi connectivity index (χ2n) is 3.90. The lowest BCUT2D eigenvalue weighted by molar-refractivity contribution is 0.313. The number of nitrogens with two attached hydrogens (primary N) is 1. The zero-order valence-corrected chi connectivity index (χ0v) is 9.57.